The average molecular weight is 393 g/mol. The Morgan fingerprint density at radius 3 is 2.69 bits per heavy atom. The number of carbonyl (C=O) groups excluding carboxylic acids is 1. The van der Waals surface area contributed by atoms with Crippen LogP contribution < -0.4 is 4.74 Å². The first-order chi connectivity index (χ1) is 12.4. The highest BCUT2D eigenvalue weighted by atomic mass is 35.5. The molecule has 0 aliphatic rings. The van der Waals surface area contributed by atoms with Crippen LogP contribution in [0.2, 0.25) is 10.0 Å². The van der Waals surface area contributed by atoms with E-state index in [0.717, 1.165) is 22.5 Å². The molecule has 1 aromatic carbocycles. The number of halogens is 2. The minimum Gasteiger partial charge on any atom is -0.426 e. The molecule has 8 heteroatoms. The number of nitrogens with zero attached hydrogens (tertiary/aromatic N) is 4. The van der Waals surface area contributed by atoms with Crippen LogP contribution in [0.1, 0.15) is 35.9 Å². The van der Waals surface area contributed by atoms with Gasteiger partial charge < -0.3 is 4.74 Å². The lowest BCUT2D eigenvalue weighted by Crippen LogP contribution is -2.13. The van der Waals surface area contributed by atoms with Gasteiger partial charge in [0.1, 0.15) is 12.1 Å². The van der Waals surface area contributed by atoms with Gasteiger partial charge in [0.25, 0.3) is 5.78 Å². The van der Waals surface area contributed by atoms with Crippen LogP contribution in [0.3, 0.4) is 0 Å². The van der Waals surface area contributed by atoms with Crippen molar-refractivity contribution in [3.63, 3.8) is 0 Å². The Morgan fingerprint density at radius 2 is 1.96 bits per heavy atom. The second kappa shape index (κ2) is 7.60. The van der Waals surface area contributed by atoms with Crippen LogP contribution in [0.4, 0.5) is 0 Å². The predicted molar refractivity (Wildman–Crippen MR) is 100 cm³/mol. The van der Waals surface area contributed by atoms with Crippen LogP contribution in [-0.2, 0) is 17.6 Å². The van der Waals surface area contributed by atoms with Crippen LogP contribution in [0.5, 0.6) is 5.75 Å². The first-order valence-corrected chi connectivity index (χ1v) is 9.00. The van der Waals surface area contributed by atoms with E-state index in [1.165, 1.54) is 6.33 Å². The molecule has 0 atom stereocenters. The Labute approximate surface area is 161 Å². The van der Waals surface area contributed by atoms with Gasteiger partial charge >= 0.3 is 5.97 Å². The molecule has 0 bridgehead atoms. The van der Waals surface area contributed by atoms with E-state index in [4.69, 9.17) is 27.9 Å². The first kappa shape index (κ1) is 18.6. The Hall–Kier alpha value is -2.18. The van der Waals surface area contributed by atoms with Crippen LogP contribution in [-0.4, -0.2) is 25.6 Å². The molecular formula is C18H18Cl2N4O2. The van der Waals surface area contributed by atoms with Gasteiger partial charge in [0.05, 0.1) is 16.5 Å². The fourth-order valence-corrected chi connectivity index (χ4v) is 3.20. The lowest BCUT2D eigenvalue weighted by atomic mass is 10.1. The molecule has 0 fully saturated rings. The first-order valence-electron chi connectivity index (χ1n) is 8.25. The van der Waals surface area contributed by atoms with Crippen LogP contribution in [0.15, 0.2) is 18.5 Å². The number of ether oxygens (including phenoxy) is 1. The average Bonchev–Trinajstić information content (AvgIpc) is 3.06. The third-order valence-electron chi connectivity index (χ3n) is 4.28. The van der Waals surface area contributed by atoms with Gasteiger partial charge in [-0.2, -0.15) is 10.1 Å². The van der Waals surface area contributed by atoms with Gasteiger partial charge in [-0.3, -0.25) is 4.79 Å². The normalized spacial score (nSPS) is 11.1. The molecule has 0 saturated heterocycles. The molecule has 6 nitrogen and oxygen atoms in total. The topological polar surface area (TPSA) is 69.4 Å². The van der Waals surface area contributed by atoms with Gasteiger partial charge in [-0.1, -0.05) is 30.1 Å². The van der Waals surface area contributed by atoms with Crippen molar-refractivity contribution in [2.45, 2.75) is 40.0 Å². The number of hydrogen-bond donors (Lipinski definition) is 0. The fourth-order valence-electron chi connectivity index (χ4n) is 2.86. The minimum absolute atomic E-state index is 0.215. The van der Waals surface area contributed by atoms with Gasteiger partial charge in [-0.05, 0) is 43.9 Å². The van der Waals surface area contributed by atoms with Crippen molar-refractivity contribution in [1.82, 2.24) is 19.6 Å². The highest BCUT2D eigenvalue weighted by molar-refractivity contribution is 6.42. The van der Waals surface area contributed by atoms with Crippen molar-refractivity contribution < 1.29 is 9.53 Å². The number of aromatic nitrogens is 4. The Kier molecular flexibility index (Phi) is 5.44. The molecule has 26 heavy (non-hydrogen) atoms. The molecule has 3 rings (SSSR count). The Balaban J connectivity index is 1.75. The summed E-state index contributed by atoms with van der Waals surface area (Å²) in [5, 5.41) is 4.96. The van der Waals surface area contributed by atoms with E-state index in [-0.39, 0.29) is 12.4 Å². The number of hydrogen-bond acceptors (Lipinski definition) is 5. The molecule has 0 spiro atoms. The molecule has 0 aliphatic carbocycles. The number of esters is 1. The minimum atomic E-state index is -0.337. The largest absolute Gasteiger partial charge is 0.426 e. The second-order valence-electron chi connectivity index (χ2n) is 5.93. The van der Waals surface area contributed by atoms with Gasteiger partial charge in [0.15, 0.2) is 0 Å². The molecule has 0 aliphatic heterocycles. The summed E-state index contributed by atoms with van der Waals surface area (Å²) >= 11 is 12.1. The fraction of sp³-hybridized carbons (Fsp3) is 0.333. The van der Waals surface area contributed by atoms with Gasteiger partial charge in [-0.15, -0.1) is 0 Å². The maximum absolute atomic E-state index is 12.3. The number of rotatable bonds is 5. The molecule has 0 radical (unpaired) electrons. The van der Waals surface area contributed by atoms with Crippen LogP contribution in [0.25, 0.3) is 5.78 Å². The lowest BCUT2D eigenvalue weighted by molar-refractivity contribution is -0.134. The van der Waals surface area contributed by atoms with E-state index < -0.39 is 0 Å². The van der Waals surface area contributed by atoms with E-state index in [0.29, 0.717) is 34.4 Å². The molecule has 136 valence electrons. The smallest absolute Gasteiger partial charge is 0.311 e. The van der Waals surface area contributed by atoms with E-state index >= 15 is 0 Å². The zero-order valence-electron chi connectivity index (χ0n) is 14.7. The Morgan fingerprint density at radius 1 is 1.23 bits per heavy atom. The zero-order valence-corrected chi connectivity index (χ0v) is 16.2. The summed E-state index contributed by atoms with van der Waals surface area (Å²) in [5.41, 5.74) is 3.55. The molecule has 0 saturated carbocycles. The van der Waals surface area contributed by atoms with Crippen molar-refractivity contribution in [3.05, 3.63) is 51.0 Å². The van der Waals surface area contributed by atoms with E-state index in [2.05, 4.69) is 15.1 Å². The molecule has 2 heterocycles. The summed E-state index contributed by atoms with van der Waals surface area (Å²) in [4.78, 5) is 20.8. The quantitative estimate of drug-likeness (QED) is 0.481. The zero-order chi connectivity index (χ0) is 18.8. The third-order valence-corrected chi connectivity index (χ3v) is 5.00. The number of carbonyl (C=O) groups is 1. The Bertz CT molecular complexity index is 985. The highest BCUT2D eigenvalue weighted by Gasteiger charge is 2.15. The highest BCUT2D eigenvalue weighted by Crippen LogP contribution is 2.31. The van der Waals surface area contributed by atoms with E-state index in [1.807, 2.05) is 20.8 Å². The standard InChI is InChI=1S/C18H18Cl2N4O2/c1-4-12-7-14(19)15(20)8-16(12)26-17(25)6-5-13-10(2)23-18-21-9-22-24(18)11(13)3/h7-9H,4-6H2,1-3H3. The van der Waals surface area contributed by atoms with Gasteiger partial charge in [0, 0.05) is 17.5 Å². The van der Waals surface area contributed by atoms with Crippen molar-refractivity contribution in [2.24, 2.45) is 0 Å². The molecule has 0 N–H and O–H groups in total. The van der Waals surface area contributed by atoms with E-state index in [9.17, 15) is 4.79 Å². The second-order valence-corrected chi connectivity index (χ2v) is 6.75. The molecule has 3 aromatic rings. The van der Waals surface area contributed by atoms with Crippen molar-refractivity contribution in [3.8, 4) is 5.75 Å². The summed E-state index contributed by atoms with van der Waals surface area (Å²) in [6, 6.07) is 3.31. The van der Waals surface area contributed by atoms with Crippen LogP contribution in [0, 0.1) is 13.8 Å². The maximum atomic E-state index is 12.3. The SMILES string of the molecule is CCc1cc(Cl)c(Cl)cc1OC(=O)CCc1c(C)nc2ncnn2c1C. The summed E-state index contributed by atoms with van der Waals surface area (Å²) in [6.07, 6.45) is 2.86. The van der Waals surface area contributed by atoms with E-state index in [1.54, 1.807) is 16.6 Å². The summed E-state index contributed by atoms with van der Waals surface area (Å²) in [5.74, 6) is 0.662. The third kappa shape index (κ3) is 3.66. The monoisotopic (exact) mass is 392 g/mol. The molecule has 0 amide bonds. The summed E-state index contributed by atoms with van der Waals surface area (Å²) < 4.78 is 7.18. The van der Waals surface area contributed by atoms with Gasteiger partial charge in [-0.25, -0.2) is 9.50 Å². The van der Waals surface area contributed by atoms with Crippen molar-refractivity contribution in [2.75, 3.05) is 0 Å². The predicted octanol–water partition coefficient (Wildman–Crippen LogP) is 4.15. The van der Waals surface area contributed by atoms with Gasteiger partial charge in [0.2, 0.25) is 0 Å². The van der Waals surface area contributed by atoms with Crippen molar-refractivity contribution >= 4 is 34.9 Å². The lowest BCUT2D eigenvalue weighted by Gasteiger charge is -2.12. The summed E-state index contributed by atoms with van der Waals surface area (Å²) in [6.45, 7) is 5.80. The number of fused-ring (bicyclic) bond motifs is 1. The molecular weight excluding hydrogens is 375 g/mol. The maximum Gasteiger partial charge on any atom is 0.311 e. The summed E-state index contributed by atoms with van der Waals surface area (Å²) in [7, 11) is 0. The van der Waals surface area contributed by atoms with Crippen LogP contribution >= 0.6 is 23.2 Å². The number of benzene rings is 1. The molecule has 2 aromatic heterocycles. The van der Waals surface area contributed by atoms with Crippen molar-refractivity contribution in [1.29, 1.82) is 0 Å². The number of aryl methyl sites for hydroxylation is 3. The molecule has 0 unspecified atom stereocenters.